The van der Waals surface area contributed by atoms with E-state index >= 15 is 0 Å². The lowest BCUT2D eigenvalue weighted by atomic mass is 9.96. The highest BCUT2D eigenvalue weighted by molar-refractivity contribution is 7.97. The Bertz CT molecular complexity index is 92.1. The highest BCUT2D eigenvalue weighted by atomic mass is 32.2. The van der Waals surface area contributed by atoms with Crippen molar-refractivity contribution in [2.24, 2.45) is 5.92 Å². The summed E-state index contributed by atoms with van der Waals surface area (Å²) in [5, 5.41) is 3.38. The molecule has 2 nitrogen and oxygen atoms in total. The van der Waals surface area contributed by atoms with Gasteiger partial charge in [-0.1, -0.05) is 11.9 Å². The van der Waals surface area contributed by atoms with Crippen LogP contribution in [0.1, 0.15) is 19.3 Å². The van der Waals surface area contributed by atoms with Crippen molar-refractivity contribution in [2.45, 2.75) is 19.3 Å². The van der Waals surface area contributed by atoms with Gasteiger partial charge in [0.2, 0.25) is 0 Å². The number of rotatable bonds is 4. The van der Waals surface area contributed by atoms with E-state index in [1.165, 1.54) is 38.1 Å². The molecule has 0 aliphatic carbocycles. The quantitative estimate of drug-likeness (QED) is 0.495. The van der Waals surface area contributed by atoms with Crippen LogP contribution in [0.15, 0.2) is 0 Å². The molecule has 0 aromatic carbocycles. The van der Waals surface area contributed by atoms with Crippen molar-refractivity contribution in [3.8, 4) is 0 Å². The largest absolute Gasteiger partial charge is 0.317 e. The lowest BCUT2D eigenvalue weighted by Crippen LogP contribution is -2.28. The predicted molar refractivity (Wildman–Crippen MR) is 51.7 cm³/mol. The molecule has 0 radical (unpaired) electrons. The van der Waals surface area contributed by atoms with Crippen LogP contribution in [0.5, 0.6) is 0 Å². The average molecular weight is 174 g/mol. The van der Waals surface area contributed by atoms with Crippen molar-refractivity contribution in [2.75, 3.05) is 25.9 Å². The second-order valence-electron chi connectivity index (χ2n) is 3.03. The molecule has 0 aromatic rings. The summed E-state index contributed by atoms with van der Waals surface area (Å²) in [4.78, 5) is 0. The number of piperidine rings is 1. The molecular formula is C8H18N2S. The van der Waals surface area contributed by atoms with E-state index in [2.05, 4.69) is 10.0 Å². The third kappa shape index (κ3) is 3.99. The lowest BCUT2D eigenvalue weighted by molar-refractivity contribution is 0.367. The Hall–Kier alpha value is 0.270. The molecule has 0 bridgehead atoms. The van der Waals surface area contributed by atoms with E-state index in [9.17, 15) is 0 Å². The van der Waals surface area contributed by atoms with Gasteiger partial charge in [-0.2, -0.15) is 0 Å². The van der Waals surface area contributed by atoms with Crippen molar-refractivity contribution in [3.05, 3.63) is 0 Å². The van der Waals surface area contributed by atoms with Crippen LogP contribution in [0.4, 0.5) is 0 Å². The standard InChI is InChI=1S/C8H18N2S/c1-9-11-7-4-8-2-5-10-6-3-8/h8-10H,2-7H2,1H3. The summed E-state index contributed by atoms with van der Waals surface area (Å²) in [6.45, 7) is 2.46. The van der Waals surface area contributed by atoms with Crippen molar-refractivity contribution >= 4 is 11.9 Å². The van der Waals surface area contributed by atoms with Crippen LogP contribution < -0.4 is 10.0 Å². The van der Waals surface area contributed by atoms with Gasteiger partial charge >= 0.3 is 0 Å². The van der Waals surface area contributed by atoms with Gasteiger partial charge in [-0.3, -0.25) is 4.72 Å². The summed E-state index contributed by atoms with van der Waals surface area (Å²) in [5.74, 6) is 2.25. The molecule has 1 rings (SSSR count). The van der Waals surface area contributed by atoms with Crippen LogP contribution >= 0.6 is 11.9 Å². The van der Waals surface area contributed by atoms with E-state index in [-0.39, 0.29) is 0 Å². The van der Waals surface area contributed by atoms with Gasteiger partial charge in [-0.05, 0) is 45.3 Å². The lowest BCUT2D eigenvalue weighted by Gasteiger charge is -2.21. The molecule has 3 heteroatoms. The summed E-state index contributed by atoms with van der Waals surface area (Å²) in [7, 11) is 1.99. The smallest absolute Gasteiger partial charge is 0.00811 e. The molecule has 66 valence electrons. The van der Waals surface area contributed by atoms with E-state index in [1.54, 1.807) is 0 Å². The Balaban J connectivity index is 1.96. The summed E-state index contributed by atoms with van der Waals surface area (Å²) in [6.07, 6.45) is 4.14. The Morgan fingerprint density at radius 2 is 2.18 bits per heavy atom. The molecule has 1 fully saturated rings. The molecule has 0 aromatic heterocycles. The zero-order chi connectivity index (χ0) is 7.94. The predicted octanol–water partition coefficient (Wildman–Crippen LogP) is 1.24. The second-order valence-corrected chi connectivity index (χ2v) is 4.14. The van der Waals surface area contributed by atoms with Crippen LogP contribution in [0.3, 0.4) is 0 Å². The molecule has 0 atom stereocenters. The molecule has 0 unspecified atom stereocenters. The summed E-state index contributed by atoms with van der Waals surface area (Å²) >= 11 is 1.83. The first-order valence-electron chi connectivity index (χ1n) is 4.42. The van der Waals surface area contributed by atoms with E-state index in [4.69, 9.17) is 0 Å². The van der Waals surface area contributed by atoms with Gasteiger partial charge in [-0.15, -0.1) is 0 Å². The molecule has 0 amide bonds. The zero-order valence-corrected chi connectivity index (χ0v) is 8.04. The summed E-state index contributed by atoms with van der Waals surface area (Å²) in [6, 6.07) is 0. The normalized spacial score (nSPS) is 20.5. The number of nitrogens with one attached hydrogen (secondary N) is 2. The molecule has 0 saturated carbocycles. The highest BCUT2D eigenvalue weighted by Crippen LogP contribution is 2.17. The van der Waals surface area contributed by atoms with Gasteiger partial charge in [0.15, 0.2) is 0 Å². The van der Waals surface area contributed by atoms with Gasteiger partial charge in [0.25, 0.3) is 0 Å². The molecule has 0 spiro atoms. The molecule has 1 aliphatic rings. The first-order chi connectivity index (χ1) is 5.43. The van der Waals surface area contributed by atoms with E-state index in [1.807, 2.05) is 19.0 Å². The minimum atomic E-state index is 0.983. The van der Waals surface area contributed by atoms with Crippen molar-refractivity contribution in [3.63, 3.8) is 0 Å². The van der Waals surface area contributed by atoms with Crippen LogP contribution in [-0.4, -0.2) is 25.9 Å². The van der Waals surface area contributed by atoms with Crippen molar-refractivity contribution in [1.82, 2.24) is 10.0 Å². The van der Waals surface area contributed by atoms with Gasteiger partial charge in [-0.25, -0.2) is 0 Å². The Kier molecular flexibility index (Phi) is 4.99. The first-order valence-corrected chi connectivity index (χ1v) is 5.41. The number of hydrogen-bond acceptors (Lipinski definition) is 3. The fourth-order valence-electron chi connectivity index (χ4n) is 1.50. The molecule has 11 heavy (non-hydrogen) atoms. The third-order valence-corrected chi connectivity index (χ3v) is 2.96. The molecule has 1 heterocycles. The molecule has 2 N–H and O–H groups in total. The summed E-state index contributed by atoms with van der Waals surface area (Å²) in [5.41, 5.74) is 0. The Morgan fingerprint density at radius 1 is 1.45 bits per heavy atom. The topological polar surface area (TPSA) is 24.1 Å². The van der Waals surface area contributed by atoms with Crippen LogP contribution in [0.2, 0.25) is 0 Å². The minimum absolute atomic E-state index is 0.983. The van der Waals surface area contributed by atoms with Crippen molar-refractivity contribution < 1.29 is 0 Å². The van der Waals surface area contributed by atoms with Crippen LogP contribution in [-0.2, 0) is 0 Å². The third-order valence-electron chi connectivity index (χ3n) is 2.23. The maximum atomic E-state index is 3.38. The molecule has 1 saturated heterocycles. The Labute approximate surface area is 73.6 Å². The fourth-order valence-corrected chi connectivity index (χ4v) is 2.15. The maximum absolute atomic E-state index is 3.38. The SMILES string of the molecule is CNSCCC1CCNCC1. The van der Waals surface area contributed by atoms with Gasteiger partial charge in [0.05, 0.1) is 0 Å². The Morgan fingerprint density at radius 3 is 2.82 bits per heavy atom. The monoisotopic (exact) mass is 174 g/mol. The summed E-state index contributed by atoms with van der Waals surface area (Å²) < 4.78 is 3.11. The molecule has 1 aliphatic heterocycles. The highest BCUT2D eigenvalue weighted by Gasteiger charge is 2.11. The average Bonchev–Trinajstić information content (AvgIpc) is 2.07. The van der Waals surface area contributed by atoms with Gasteiger partial charge < -0.3 is 5.32 Å². The maximum Gasteiger partial charge on any atom is 0.00811 e. The van der Waals surface area contributed by atoms with Gasteiger partial charge in [0, 0.05) is 5.75 Å². The van der Waals surface area contributed by atoms with E-state index in [0.717, 1.165) is 5.92 Å². The van der Waals surface area contributed by atoms with E-state index < -0.39 is 0 Å². The molecular weight excluding hydrogens is 156 g/mol. The first kappa shape index (κ1) is 9.36. The fraction of sp³-hybridized carbons (Fsp3) is 1.00. The minimum Gasteiger partial charge on any atom is -0.317 e. The zero-order valence-electron chi connectivity index (χ0n) is 7.23. The van der Waals surface area contributed by atoms with E-state index in [0.29, 0.717) is 0 Å². The second kappa shape index (κ2) is 5.86. The number of hydrogen-bond donors (Lipinski definition) is 2. The van der Waals surface area contributed by atoms with Crippen LogP contribution in [0, 0.1) is 5.92 Å². The van der Waals surface area contributed by atoms with Crippen LogP contribution in [0.25, 0.3) is 0 Å². The van der Waals surface area contributed by atoms with Gasteiger partial charge in [0.1, 0.15) is 0 Å². The van der Waals surface area contributed by atoms with Crippen molar-refractivity contribution in [1.29, 1.82) is 0 Å².